The number of rotatable bonds is 3. The molecule has 0 radical (unpaired) electrons. The van der Waals surface area contributed by atoms with Crippen molar-refractivity contribution in [3.8, 4) is 0 Å². The quantitative estimate of drug-likeness (QED) is 0.870. The lowest BCUT2D eigenvalue weighted by atomic mass is 9.75. The summed E-state index contributed by atoms with van der Waals surface area (Å²) in [4.78, 5) is 0. The first-order chi connectivity index (χ1) is 8.22. The topological polar surface area (TPSA) is 46.2 Å². The maximum Gasteiger partial charge on any atom is 0.0574 e. The van der Waals surface area contributed by atoms with Gasteiger partial charge in [-0.2, -0.15) is 0 Å². The molecule has 2 nitrogen and oxygen atoms in total. The average molecular weight is 254 g/mol. The Kier molecular flexibility index (Phi) is 4.43. The van der Waals surface area contributed by atoms with Gasteiger partial charge < -0.3 is 10.8 Å². The summed E-state index contributed by atoms with van der Waals surface area (Å²) in [5, 5.41) is 10.8. The third kappa shape index (κ3) is 3.01. The van der Waals surface area contributed by atoms with Gasteiger partial charge in [0.25, 0.3) is 0 Å². The van der Waals surface area contributed by atoms with Crippen molar-refractivity contribution in [2.75, 3.05) is 6.54 Å². The van der Waals surface area contributed by atoms with Crippen molar-refractivity contribution in [3.05, 3.63) is 34.9 Å². The second-order valence-corrected chi connectivity index (χ2v) is 5.35. The second kappa shape index (κ2) is 5.85. The molecule has 0 amide bonds. The minimum Gasteiger partial charge on any atom is -0.393 e. The maximum absolute atomic E-state index is 10.1. The Morgan fingerprint density at radius 1 is 1.24 bits per heavy atom. The molecule has 0 spiro atoms. The first-order valence-electron chi connectivity index (χ1n) is 6.36. The number of benzene rings is 1. The van der Waals surface area contributed by atoms with Gasteiger partial charge in [0.2, 0.25) is 0 Å². The maximum atomic E-state index is 10.1. The van der Waals surface area contributed by atoms with Crippen LogP contribution in [0.25, 0.3) is 0 Å². The average Bonchev–Trinajstić information content (AvgIpc) is 2.35. The van der Waals surface area contributed by atoms with Gasteiger partial charge in [0.05, 0.1) is 6.10 Å². The summed E-state index contributed by atoms with van der Waals surface area (Å²) in [7, 11) is 0. The molecular formula is C14H20ClNO. The first kappa shape index (κ1) is 12.9. The highest BCUT2D eigenvalue weighted by molar-refractivity contribution is 6.30. The van der Waals surface area contributed by atoms with Gasteiger partial charge in [0, 0.05) is 10.9 Å². The van der Waals surface area contributed by atoms with Crippen LogP contribution >= 0.6 is 11.6 Å². The lowest BCUT2D eigenvalue weighted by molar-refractivity contribution is 0.0561. The van der Waals surface area contributed by atoms with E-state index < -0.39 is 0 Å². The summed E-state index contributed by atoms with van der Waals surface area (Å²) in [6.07, 6.45) is 4.12. The highest BCUT2D eigenvalue weighted by Crippen LogP contribution is 2.36. The lowest BCUT2D eigenvalue weighted by Gasteiger charge is -2.34. The third-order valence-electron chi connectivity index (χ3n) is 3.85. The highest BCUT2D eigenvalue weighted by Gasteiger charge is 2.30. The van der Waals surface area contributed by atoms with Crippen LogP contribution in [0, 0.1) is 5.92 Å². The minimum atomic E-state index is -0.201. The fourth-order valence-electron chi connectivity index (χ4n) is 2.88. The van der Waals surface area contributed by atoms with Crippen molar-refractivity contribution in [3.63, 3.8) is 0 Å². The molecule has 0 aliphatic heterocycles. The molecule has 3 atom stereocenters. The summed E-state index contributed by atoms with van der Waals surface area (Å²) >= 11 is 5.89. The number of aliphatic hydroxyl groups is 1. The molecule has 1 aliphatic carbocycles. The highest BCUT2D eigenvalue weighted by atomic mass is 35.5. The van der Waals surface area contributed by atoms with Crippen LogP contribution < -0.4 is 5.73 Å². The van der Waals surface area contributed by atoms with Gasteiger partial charge in [-0.15, -0.1) is 0 Å². The molecular weight excluding hydrogens is 234 g/mol. The molecule has 2 rings (SSSR count). The van der Waals surface area contributed by atoms with E-state index in [1.54, 1.807) is 0 Å². The summed E-state index contributed by atoms with van der Waals surface area (Å²) in [5.74, 6) is 0.553. The van der Waals surface area contributed by atoms with Crippen molar-refractivity contribution in [1.82, 2.24) is 0 Å². The molecule has 0 saturated heterocycles. The molecule has 17 heavy (non-hydrogen) atoms. The molecule has 94 valence electrons. The molecule has 1 saturated carbocycles. The number of halogens is 1. The van der Waals surface area contributed by atoms with E-state index in [0.29, 0.717) is 12.5 Å². The molecule has 1 aromatic carbocycles. The van der Waals surface area contributed by atoms with Crippen LogP contribution in [-0.4, -0.2) is 17.8 Å². The predicted molar refractivity (Wildman–Crippen MR) is 71.2 cm³/mol. The van der Waals surface area contributed by atoms with E-state index in [4.69, 9.17) is 17.3 Å². The van der Waals surface area contributed by atoms with Crippen molar-refractivity contribution in [1.29, 1.82) is 0 Å². The zero-order valence-electron chi connectivity index (χ0n) is 9.98. The Bertz CT molecular complexity index is 352. The Morgan fingerprint density at radius 2 is 1.88 bits per heavy atom. The third-order valence-corrected chi connectivity index (χ3v) is 4.10. The van der Waals surface area contributed by atoms with Gasteiger partial charge in [0.15, 0.2) is 0 Å². The van der Waals surface area contributed by atoms with E-state index in [2.05, 4.69) is 0 Å². The summed E-state index contributed by atoms with van der Waals surface area (Å²) in [6.45, 7) is 0.587. The van der Waals surface area contributed by atoms with Crippen LogP contribution in [0.2, 0.25) is 5.02 Å². The normalized spacial score (nSPS) is 26.8. The Hall–Kier alpha value is -0.570. The van der Waals surface area contributed by atoms with Gasteiger partial charge in [-0.3, -0.25) is 0 Å². The second-order valence-electron chi connectivity index (χ2n) is 4.91. The van der Waals surface area contributed by atoms with Gasteiger partial charge in [-0.25, -0.2) is 0 Å². The van der Waals surface area contributed by atoms with Gasteiger partial charge in [0.1, 0.15) is 0 Å². The zero-order valence-corrected chi connectivity index (χ0v) is 10.7. The van der Waals surface area contributed by atoms with E-state index in [-0.39, 0.29) is 12.0 Å². The molecule has 1 aliphatic rings. The van der Waals surface area contributed by atoms with E-state index in [9.17, 15) is 5.11 Å². The van der Waals surface area contributed by atoms with Crippen LogP contribution in [-0.2, 0) is 0 Å². The number of nitrogens with two attached hydrogens (primary N) is 1. The molecule has 0 aromatic heterocycles. The first-order valence-corrected chi connectivity index (χ1v) is 6.73. The Labute approximate surface area is 108 Å². The SMILES string of the molecule is NCC(c1ccc(Cl)cc1)C1CCCC[C@@H]1O. The Morgan fingerprint density at radius 3 is 2.47 bits per heavy atom. The van der Waals surface area contributed by atoms with E-state index >= 15 is 0 Å². The van der Waals surface area contributed by atoms with Crippen LogP contribution in [0.3, 0.4) is 0 Å². The number of aliphatic hydroxyl groups excluding tert-OH is 1. The van der Waals surface area contributed by atoms with Crippen molar-refractivity contribution >= 4 is 11.6 Å². The van der Waals surface area contributed by atoms with E-state index in [1.165, 1.54) is 12.0 Å². The number of hydrogen-bond acceptors (Lipinski definition) is 2. The largest absolute Gasteiger partial charge is 0.393 e. The van der Waals surface area contributed by atoms with Crippen LogP contribution in [0.4, 0.5) is 0 Å². The molecule has 3 N–H and O–H groups in total. The molecule has 2 unspecified atom stereocenters. The fraction of sp³-hybridized carbons (Fsp3) is 0.571. The monoisotopic (exact) mass is 253 g/mol. The zero-order chi connectivity index (χ0) is 12.3. The Balaban J connectivity index is 2.17. The lowest BCUT2D eigenvalue weighted by Crippen LogP contribution is -2.33. The summed E-state index contributed by atoms with van der Waals surface area (Å²) in [6, 6.07) is 7.85. The van der Waals surface area contributed by atoms with Gasteiger partial charge >= 0.3 is 0 Å². The minimum absolute atomic E-state index is 0.201. The molecule has 3 heteroatoms. The predicted octanol–water partition coefficient (Wildman–Crippen LogP) is 2.93. The van der Waals surface area contributed by atoms with Crippen molar-refractivity contribution < 1.29 is 5.11 Å². The van der Waals surface area contributed by atoms with Crippen LogP contribution in [0.5, 0.6) is 0 Å². The van der Waals surface area contributed by atoms with Crippen LogP contribution in [0.15, 0.2) is 24.3 Å². The standard InChI is InChI=1S/C14H20ClNO/c15-11-7-5-10(6-8-11)13(9-16)12-3-1-2-4-14(12)17/h5-8,12-14,17H,1-4,9,16H2/t12?,13?,14-/m0/s1. The smallest absolute Gasteiger partial charge is 0.0574 e. The van der Waals surface area contributed by atoms with Gasteiger partial charge in [-0.1, -0.05) is 36.6 Å². The van der Waals surface area contributed by atoms with E-state index in [0.717, 1.165) is 24.3 Å². The van der Waals surface area contributed by atoms with E-state index in [1.807, 2.05) is 24.3 Å². The van der Waals surface area contributed by atoms with Crippen molar-refractivity contribution in [2.24, 2.45) is 11.7 Å². The van der Waals surface area contributed by atoms with Gasteiger partial charge in [-0.05, 0) is 43.0 Å². The molecule has 1 aromatic rings. The fourth-order valence-corrected chi connectivity index (χ4v) is 3.00. The summed E-state index contributed by atoms with van der Waals surface area (Å²) in [5.41, 5.74) is 7.09. The summed E-state index contributed by atoms with van der Waals surface area (Å²) < 4.78 is 0. The molecule has 0 heterocycles. The van der Waals surface area contributed by atoms with Crippen LogP contribution in [0.1, 0.15) is 37.2 Å². The molecule has 1 fully saturated rings. The number of hydrogen-bond donors (Lipinski definition) is 2. The van der Waals surface area contributed by atoms with Crippen molar-refractivity contribution in [2.45, 2.75) is 37.7 Å². The molecule has 0 bridgehead atoms.